The van der Waals surface area contributed by atoms with Gasteiger partial charge in [0.1, 0.15) is 5.82 Å². The van der Waals surface area contributed by atoms with Crippen LogP contribution in [0.1, 0.15) is 38.1 Å². The molecule has 0 aliphatic carbocycles. The van der Waals surface area contributed by atoms with Gasteiger partial charge in [0.2, 0.25) is 0 Å². The molecule has 1 aromatic heterocycles. The fourth-order valence-corrected chi connectivity index (χ4v) is 2.45. The van der Waals surface area contributed by atoms with Crippen LogP contribution in [0.3, 0.4) is 0 Å². The number of hydrogen-bond donors (Lipinski definition) is 1. The maximum atomic E-state index is 6.38. The van der Waals surface area contributed by atoms with E-state index in [2.05, 4.69) is 40.8 Å². The van der Waals surface area contributed by atoms with Gasteiger partial charge in [-0.15, -0.1) is 0 Å². The van der Waals surface area contributed by atoms with Crippen molar-refractivity contribution < 1.29 is 0 Å². The molecule has 2 aromatic rings. The first-order chi connectivity index (χ1) is 9.76. The van der Waals surface area contributed by atoms with E-state index in [0.717, 1.165) is 54.4 Å². The molecule has 3 nitrogen and oxygen atoms in total. The second-order valence-corrected chi connectivity index (χ2v) is 5.32. The molecule has 20 heavy (non-hydrogen) atoms. The van der Waals surface area contributed by atoms with Crippen LogP contribution in [0, 0.1) is 0 Å². The third-order valence-electron chi connectivity index (χ3n) is 3.25. The largest absolute Gasteiger partial charge is 0.313 e. The van der Waals surface area contributed by atoms with Gasteiger partial charge in [-0.25, -0.2) is 4.98 Å². The Kier molecular flexibility index (Phi) is 5.62. The van der Waals surface area contributed by atoms with Gasteiger partial charge in [-0.3, -0.25) is 0 Å². The number of rotatable bonds is 7. The van der Waals surface area contributed by atoms with Crippen molar-refractivity contribution in [3.63, 3.8) is 0 Å². The first-order valence-corrected chi connectivity index (χ1v) is 7.65. The standard InChI is InChI=1S/C16H22ClN3/c1-3-5-16-19-9-10-20(16)14-7-6-13(15(17)11-14)12-18-8-4-2/h6-7,9-11,18H,3-5,8,12H2,1-2H3. The number of nitrogens with one attached hydrogen (secondary N) is 1. The van der Waals surface area contributed by atoms with Crippen molar-refractivity contribution >= 4 is 11.6 Å². The number of halogens is 1. The molecule has 0 radical (unpaired) electrons. The van der Waals surface area contributed by atoms with Gasteiger partial charge in [-0.1, -0.05) is 31.5 Å². The zero-order valence-corrected chi connectivity index (χ0v) is 13.0. The smallest absolute Gasteiger partial charge is 0.113 e. The van der Waals surface area contributed by atoms with E-state index in [1.54, 1.807) is 0 Å². The van der Waals surface area contributed by atoms with Crippen molar-refractivity contribution in [1.82, 2.24) is 14.9 Å². The Bertz CT molecular complexity index is 548. The van der Waals surface area contributed by atoms with E-state index in [9.17, 15) is 0 Å². The highest BCUT2D eigenvalue weighted by Gasteiger charge is 2.07. The summed E-state index contributed by atoms with van der Waals surface area (Å²) in [6.45, 7) is 6.15. The second-order valence-electron chi connectivity index (χ2n) is 4.92. The highest BCUT2D eigenvalue weighted by atomic mass is 35.5. The third kappa shape index (κ3) is 3.62. The molecule has 0 saturated heterocycles. The van der Waals surface area contributed by atoms with Crippen LogP contribution in [0.15, 0.2) is 30.6 Å². The van der Waals surface area contributed by atoms with Gasteiger partial charge in [0.15, 0.2) is 0 Å². The number of nitrogens with zero attached hydrogens (tertiary/aromatic N) is 2. The van der Waals surface area contributed by atoms with Crippen LogP contribution in [0.5, 0.6) is 0 Å². The van der Waals surface area contributed by atoms with E-state index in [0.29, 0.717) is 0 Å². The van der Waals surface area contributed by atoms with Gasteiger partial charge in [-0.2, -0.15) is 0 Å². The van der Waals surface area contributed by atoms with Crippen LogP contribution < -0.4 is 5.32 Å². The van der Waals surface area contributed by atoms with Crippen molar-refractivity contribution in [2.24, 2.45) is 0 Å². The molecule has 0 aliphatic heterocycles. The molecule has 2 rings (SSSR count). The monoisotopic (exact) mass is 291 g/mol. The number of aryl methyl sites for hydroxylation is 1. The molecule has 0 saturated carbocycles. The van der Waals surface area contributed by atoms with Gasteiger partial charge in [0.25, 0.3) is 0 Å². The maximum Gasteiger partial charge on any atom is 0.113 e. The highest BCUT2D eigenvalue weighted by Crippen LogP contribution is 2.21. The van der Waals surface area contributed by atoms with Crippen molar-refractivity contribution in [1.29, 1.82) is 0 Å². The van der Waals surface area contributed by atoms with Crippen LogP contribution in [-0.2, 0) is 13.0 Å². The average molecular weight is 292 g/mol. The van der Waals surface area contributed by atoms with E-state index in [4.69, 9.17) is 11.6 Å². The van der Waals surface area contributed by atoms with Gasteiger partial charge >= 0.3 is 0 Å². The molecule has 1 N–H and O–H groups in total. The second kappa shape index (κ2) is 7.46. The molecule has 0 fully saturated rings. The third-order valence-corrected chi connectivity index (χ3v) is 3.60. The molecule has 0 unspecified atom stereocenters. The van der Waals surface area contributed by atoms with E-state index in [1.807, 2.05) is 18.5 Å². The minimum Gasteiger partial charge on any atom is -0.313 e. The van der Waals surface area contributed by atoms with Gasteiger partial charge in [0.05, 0.1) is 0 Å². The molecule has 0 bridgehead atoms. The predicted molar refractivity (Wildman–Crippen MR) is 84.6 cm³/mol. The molecular formula is C16H22ClN3. The fraction of sp³-hybridized carbons (Fsp3) is 0.438. The summed E-state index contributed by atoms with van der Waals surface area (Å²) in [6.07, 6.45) is 7.03. The Morgan fingerprint density at radius 1 is 1.25 bits per heavy atom. The highest BCUT2D eigenvalue weighted by molar-refractivity contribution is 6.31. The SMILES string of the molecule is CCCNCc1ccc(-n2ccnc2CCC)cc1Cl. The van der Waals surface area contributed by atoms with Crippen molar-refractivity contribution in [2.75, 3.05) is 6.54 Å². The summed E-state index contributed by atoms with van der Waals surface area (Å²) in [6, 6.07) is 6.22. The summed E-state index contributed by atoms with van der Waals surface area (Å²) in [5.41, 5.74) is 2.22. The summed E-state index contributed by atoms with van der Waals surface area (Å²) in [5.74, 6) is 1.08. The number of imidazole rings is 1. The van der Waals surface area contributed by atoms with Crippen molar-refractivity contribution in [3.8, 4) is 5.69 Å². The molecule has 0 atom stereocenters. The summed E-state index contributed by atoms with van der Waals surface area (Å²) < 4.78 is 2.11. The molecule has 0 spiro atoms. The van der Waals surface area contributed by atoms with Crippen LogP contribution >= 0.6 is 11.6 Å². The lowest BCUT2D eigenvalue weighted by Gasteiger charge is -2.11. The lowest BCUT2D eigenvalue weighted by atomic mass is 10.2. The Morgan fingerprint density at radius 3 is 2.80 bits per heavy atom. The molecule has 0 amide bonds. The van der Waals surface area contributed by atoms with Crippen LogP contribution in [0.2, 0.25) is 5.02 Å². The summed E-state index contributed by atoms with van der Waals surface area (Å²) >= 11 is 6.38. The lowest BCUT2D eigenvalue weighted by Crippen LogP contribution is -2.14. The zero-order valence-electron chi connectivity index (χ0n) is 12.2. The number of benzene rings is 1. The van der Waals surface area contributed by atoms with Crippen LogP contribution in [0.4, 0.5) is 0 Å². The van der Waals surface area contributed by atoms with E-state index in [-0.39, 0.29) is 0 Å². The number of aromatic nitrogens is 2. The summed E-state index contributed by atoms with van der Waals surface area (Å²) in [7, 11) is 0. The Morgan fingerprint density at radius 2 is 2.10 bits per heavy atom. The molecule has 4 heteroatoms. The fourth-order valence-electron chi connectivity index (χ4n) is 2.21. The van der Waals surface area contributed by atoms with Gasteiger partial charge in [-0.05, 0) is 37.1 Å². The molecule has 1 aromatic carbocycles. The lowest BCUT2D eigenvalue weighted by molar-refractivity contribution is 0.675. The molecule has 1 heterocycles. The van der Waals surface area contributed by atoms with Crippen LogP contribution in [0.25, 0.3) is 5.69 Å². The number of hydrogen-bond acceptors (Lipinski definition) is 2. The van der Waals surface area contributed by atoms with Gasteiger partial charge in [0, 0.05) is 36.1 Å². The van der Waals surface area contributed by atoms with Crippen molar-refractivity contribution in [3.05, 3.63) is 47.0 Å². The van der Waals surface area contributed by atoms with Gasteiger partial charge < -0.3 is 9.88 Å². The Balaban J connectivity index is 2.17. The topological polar surface area (TPSA) is 29.9 Å². The normalized spacial score (nSPS) is 10.9. The van der Waals surface area contributed by atoms with E-state index in [1.165, 1.54) is 0 Å². The minimum absolute atomic E-state index is 0.808. The quantitative estimate of drug-likeness (QED) is 0.782. The predicted octanol–water partition coefficient (Wildman–Crippen LogP) is 3.98. The van der Waals surface area contributed by atoms with Crippen molar-refractivity contribution in [2.45, 2.75) is 39.7 Å². The van der Waals surface area contributed by atoms with E-state index < -0.39 is 0 Å². The molecule has 108 valence electrons. The zero-order chi connectivity index (χ0) is 14.4. The van der Waals surface area contributed by atoms with Crippen LogP contribution in [-0.4, -0.2) is 16.1 Å². The molecular weight excluding hydrogens is 270 g/mol. The Hall–Kier alpha value is -1.32. The minimum atomic E-state index is 0.808. The Labute approximate surface area is 126 Å². The first-order valence-electron chi connectivity index (χ1n) is 7.28. The average Bonchev–Trinajstić information content (AvgIpc) is 2.89. The summed E-state index contributed by atoms with van der Waals surface area (Å²) in [4.78, 5) is 4.40. The maximum absolute atomic E-state index is 6.38. The van der Waals surface area contributed by atoms with E-state index >= 15 is 0 Å². The first kappa shape index (κ1) is 15.1. The summed E-state index contributed by atoms with van der Waals surface area (Å²) in [5, 5.41) is 4.18. The molecule has 0 aliphatic rings.